The van der Waals surface area contributed by atoms with Crippen LogP contribution >= 0.6 is 0 Å². The van der Waals surface area contributed by atoms with Gasteiger partial charge in [-0.25, -0.2) is 5.43 Å². The molecule has 0 atom stereocenters. The molecule has 0 bridgehead atoms. The highest BCUT2D eigenvalue weighted by Gasteiger charge is 2.30. The van der Waals surface area contributed by atoms with Gasteiger partial charge in [-0.05, 0) is 60.2 Å². The number of carbonyl (C=O) groups is 2. The van der Waals surface area contributed by atoms with Crippen LogP contribution in [-0.4, -0.2) is 32.1 Å². The number of carbonyl (C=O) groups excluding carboxylic acids is 2. The Balaban J connectivity index is 1.50. The van der Waals surface area contributed by atoms with Crippen LogP contribution in [0, 0.1) is 0 Å². The Morgan fingerprint density at radius 2 is 1.62 bits per heavy atom. The van der Waals surface area contributed by atoms with Crippen molar-refractivity contribution in [2.24, 2.45) is 5.10 Å². The molecule has 0 aliphatic carbocycles. The monoisotopic (exact) mass is 546 g/mol. The molecule has 0 aliphatic rings. The molecular formula is C30H25F3N4O3. The maximum atomic E-state index is 13.0. The summed E-state index contributed by atoms with van der Waals surface area (Å²) >= 11 is 0. The fraction of sp³-hybridized carbons (Fsp3) is 0.100. The Morgan fingerprint density at radius 1 is 0.900 bits per heavy atom. The maximum absolute atomic E-state index is 13.0. The standard InChI is InChI=1S/C30H25F3N4O3/c1-37(2)24-13-11-20(12-14-24)17-26(35-28(38)21-7-4-3-5-8-21)29(39)36-34-19-25-15-16-27(40-25)22-9-6-10-23(18-22)30(31,32)33/h3-19H,1-2H3,(H,35,38)(H,36,39). The van der Waals surface area contributed by atoms with Crippen LogP contribution in [0.2, 0.25) is 0 Å². The minimum atomic E-state index is -4.48. The van der Waals surface area contributed by atoms with Gasteiger partial charge in [-0.15, -0.1) is 0 Å². The molecule has 0 radical (unpaired) electrons. The molecule has 4 aromatic rings. The van der Waals surface area contributed by atoms with Crippen molar-refractivity contribution < 1.29 is 27.2 Å². The van der Waals surface area contributed by atoms with Gasteiger partial charge in [0.15, 0.2) is 0 Å². The molecule has 1 aromatic heterocycles. The molecule has 10 heteroatoms. The molecule has 2 N–H and O–H groups in total. The van der Waals surface area contributed by atoms with Crippen molar-refractivity contribution in [3.63, 3.8) is 0 Å². The van der Waals surface area contributed by atoms with Crippen molar-refractivity contribution in [3.05, 3.63) is 119 Å². The summed E-state index contributed by atoms with van der Waals surface area (Å²) in [6.07, 6.45) is -1.76. The van der Waals surface area contributed by atoms with Crippen LogP contribution in [0.4, 0.5) is 18.9 Å². The van der Waals surface area contributed by atoms with E-state index in [1.54, 1.807) is 42.5 Å². The minimum absolute atomic E-state index is 0.0484. The summed E-state index contributed by atoms with van der Waals surface area (Å²) in [5.41, 5.74) is 3.75. The van der Waals surface area contributed by atoms with Gasteiger partial charge in [0, 0.05) is 30.9 Å². The smallest absolute Gasteiger partial charge is 0.416 e. The number of anilines is 1. The summed E-state index contributed by atoms with van der Waals surface area (Å²) < 4.78 is 44.7. The average Bonchev–Trinajstić information content (AvgIpc) is 3.42. The van der Waals surface area contributed by atoms with Crippen LogP contribution in [0.3, 0.4) is 0 Å². The molecule has 0 spiro atoms. The third-order valence-electron chi connectivity index (χ3n) is 5.71. The van der Waals surface area contributed by atoms with Gasteiger partial charge in [-0.1, -0.05) is 42.5 Å². The van der Waals surface area contributed by atoms with E-state index in [0.717, 1.165) is 17.8 Å². The largest absolute Gasteiger partial charge is 0.455 e. The first-order chi connectivity index (χ1) is 19.1. The topological polar surface area (TPSA) is 86.9 Å². The zero-order chi connectivity index (χ0) is 28.7. The average molecular weight is 547 g/mol. The van der Waals surface area contributed by atoms with Gasteiger partial charge in [0.1, 0.15) is 17.2 Å². The van der Waals surface area contributed by atoms with Gasteiger partial charge in [0.2, 0.25) is 0 Å². The second-order valence-corrected chi connectivity index (χ2v) is 8.84. The summed E-state index contributed by atoms with van der Waals surface area (Å²) in [5, 5.41) is 6.51. The van der Waals surface area contributed by atoms with E-state index in [1.807, 2.05) is 31.1 Å². The number of hydrogen-bond acceptors (Lipinski definition) is 5. The molecule has 0 fully saturated rings. The number of hydrogen-bond donors (Lipinski definition) is 2. The molecule has 2 amide bonds. The molecular weight excluding hydrogens is 521 g/mol. The number of benzene rings is 3. The van der Waals surface area contributed by atoms with Crippen LogP contribution < -0.4 is 15.6 Å². The number of rotatable bonds is 8. The highest BCUT2D eigenvalue weighted by atomic mass is 19.4. The molecule has 0 saturated carbocycles. The maximum Gasteiger partial charge on any atom is 0.416 e. The number of halogens is 3. The second-order valence-electron chi connectivity index (χ2n) is 8.84. The molecule has 40 heavy (non-hydrogen) atoms. The van der Waals surface area contributed by atoms with Crippen LogP contribution in [0.25, 0.3) is 17.4 Å². The number of hydrazone groups is 1. The van der Waals surface area contributed by atoms with Gasteiger partial charge in [0.05, 0.1) is 11.8 Å². The fourth-order valence-corrected chi connectivity index (χ4v) is 3.62. The second kappa shape index (κ2) is 12.2. The zero-order valence-corrected chi connectivity index (χ0v) is 21.6. The van der Waals surface area contributed by atoms with Crippen molar-refractivity contribution in [1.29, 1.82) is 0 Å². The van der Waals surface area contributed by atoms with E-state index >= 15 is 0 Å². The van der Waals surface area contributed by atoms with Crippen LogP contribution in [0.1, 0.15) is 27.2 Å². The van der Waals surface area contributed by atoms with Crippen molar-refractivity contribution in [2.75, 3.05) is 19.0 Å². The van der Waals surface area contributed by atoms with E-state index in [9.17, 15) is 22.8 Å². The van der Waals surface area contributed by atoms with Gasteiger partial charge in [-0.2, -0.15) is 18.3 Å². The van der Waals surface area contributed by atoms with Crippen molar-refractivity contribution in [1.82, 2.24) is 10.7 Å². The molecule has 1 heterocycles. The summed E-state index contributed by atoms with van der Waals surface area (Å²) in [5.74, 6) is -0.767. The Kier molecular flexibility index (Phi) is 8.48. The molecule has 0 saturated heterocycles. The normalized spacial score (nSPS) is 11.9. The van der Waals surface area contributed by atoms with Crippen LogP contribution in [-0.2, 0) is 11.0 Å². The Labute approximate surface area is 228 Å². The molecule has 7 nitrogen and oxygen atoms in total. The number of furan rings is 1. The van der Waals surface area contributed by atoms with E-state index in [0.29, 0.717) is 11.1 Å². The third kappa shape index (κ3) is 7.25. The number of nitrogens with zero attached hydrogens (tertiary/aromatic N) is 2. The van der Waals surface area contributed by atoms with Crippen molar-refractivity contribution in [2.45, 2.75) is 6.18 Å². The molecule has 3 aromatic carbocycles. The molecule has 0 aliphatic heterocycles. The fourth-order valence-electron chi connectivity index (χ4n) is 3.62. The summed E-state index contributed by atoms with van der Waals surface area (Å²) in [7, 11) is 3.81. The number of alkyl halides is 3. The van der Waals surface area contributed by atoms with E-state index in [4.69, 9.17) is 4.42 Å². The first-order valence-electron chi connectivity index (χ1n) is 12.1. The molecule has 4 rings (SSSR count). The SMILES string of the molecule is CN(C)c1ccc(C=C(NC(=O)c2ccccc2)C(=O)NN=Cc2ccc(-c3cccc(C(F)(F)F)c3)o2)cc1. The predicted octanol–water partition coefficient (Wildman–Crippen LogP) is 5.95. The Morgan fingerprint density at radius 3 is 2.30 bits per heavy atom. The lowest BCUT2D eigenvalue weighted by Gasteiger charge is -2.12. The lowest BCUT2D eigenvalue weighted by Crippen LogP contribution is -2.32. The van der Waals surface area contributed by atoms with E-state index in [-0.39, 0.29) is 22.8 Å². The predicted molar refractivity (Wildman–Crippen MR) is 148 cm³/mol. The highest BCUT2D eigenvalue weighted by Crippen LogP contribution is 2.32. The lowest BCUT2D eigenvalue weighted by molar-refractivity contribution is -0.137. The summed E-state index contributed by atoms with van der Waals surface area (Å²) in [6.45, 7) is 0. The number of amides is 2. The first-order valence-corrected chi connectivity index (χ1v) is 12.1. The number of nitrogens with one attached hydrogen (secondary N) is 2. The quantitative estimate of drug-likeness (QED) is 0.162. The molecule has 0 unspecified atom stereocenters. The summed E-state index contributed by atoms with van der Waals surface area (Å²) in [4.78, 5) is 27.7. The van der Waals surface area contributed by atoms with Crippen LogP contribution in [0.5, 0.6) is 0 Å². The minimum Gasteiger partial charge on any atom is -0.455 e. The van der Waals surface area contributed by atoms with Gasteiger partial charge in [0.25, 0.3) is 11.8 Å². The lowest BCUT2D eigenvalue weighted by atomic mass is 10.1. The third-order valence-corrected chi connectivity index (χ3v) is 5.71. The Hall–Kier alpha value is -5.12. The van der Waals surface area contributed by atoms with Gasteiger partial charge in [-0.3, -0.25) is 9.59 Å². The zero-order valence-electron chi connectivity index (χ0n) is 21.6. The van der Waals surface area contributed by atoms with Gasteiger partial charge < -0.3 is 14.6 Å². The Bertz CT molecular complexity index is 1540. The van der Waals surface area contributed by atoms with Crippen molar-refractivity contribution in [3.8, 4) is 11.3 Å². The molecule has 204 valence electrons. The summed E-state index contributed by atoms with van der Waals surface area (Å²) in [6, 6.07) is 23.5. The van der Waals surface area contributed by atoms with E-state index in [2.05, 4.69) is 15.8 Å². The van der Waals surface area contributed by atoms with E-state index in [1.165, 1.54) is 36.6 Å². The van der Waals surface area contributed by atoms with Gasteiger partial charge >= 0.3 is 6.18 Å². The van der Waals surface area contributed by atoms with E-state index < -0.39 is 23.6 Å². The highest BCUT2D eigenvalue weighted by molar-refractivity contribution is 6.05. The first kappa shape index (κ1) is 27.9. The van der Waals surface area contributed by atoms with Crippen LogP contribution in [0.15, 0.2) is 106 Å². The van der Waals surface area contributed by atoms with Crippen molar-refractivity contribution >= 4 is 29.8 Å².